The lowest BCUT2D eigenvalue weighted by atomic mass is 10.0. The van der Waals surface area contributed by atoms with Crippen molar-refractivity contribution in [2.45, 2.75) is 6.92 Å². The van der Waals surface area contributed by atoms with Gasteiger partial charge in [-0.3, -0.25) is 0 Å². The van der Waals surface area contributed by atoms with Gasteiger partial charge in [0, 0.05) is 16.0 Å². The van der Waals surface area contributed by atoms with E-state index in [1.165, 1.54) is 0 Å². The van der Waals surface area contributed by atoms with Crippen LogP contribution >= 0.6 is 34.8 Å². The van der Waals surface area contributed by atoms with Crippen LogP contribution in [-0.2, 0) is 0 Å². The summed E-state index contributed by atoms with van der Waals surface area (Å²) in [6, 6.07) is 13.4. The van der Waals surface area contributed by atoms with E-state index < -0.39 is 0 Å². The van der Waals surface area contributed by atoms with Gasteiger partial charge in [0.2, 0.25) is 0 Å². The van der Waals surface area contributed by atoms with Gasteiger partial charge >= 0.3 is 0 Å². The summed E-state index contributed by atoms with van der Waals surface area (Å²) in [4.78, 5) is 4.48. The van der Waals surface area contributed by atoms with Gasteiger partial charge in [0.25, 0.3) is 0 Å². The summed E-state index contributed by atoms with van der Waals surface area (Å²) < 4.78 is 0. The zero-order chi connectivity index (χ0) is 14.3. The SMILES string of the molecule is Cc1cc(Cl)cc2c(Cl)c(-c3ccccc3)c(Cl)nc12. The van der Waals surface area contributed by atoms with Crippen LogP contribution in [0, 0.1) is 6.92 Å². The maximum atomic E-state index is 6.54. The first kappa shape index (κ1) is 13.7. The summed E-state index contributed by atoms with van der Waals surface area (Å²) in [7, 11) is 0. The van der Waals surface area contributed by atoms with Gasteiger partial charge in [0.15, 0.2) is 0 Å². The molecule has 3 rings (SSSR count). The van der Waals surface area contributed by atoms with Crippen molar-refractivity contribution in [3.05, 3.63) is 63.2 Å². The smallest absolute Gasteiger partial charge is 0.139 e. The van der Waals surface area contributed by atoms with Crippen molar-refractivity contribution in [3.63, 3.8) is 0 Å². The average molecular weight is 323 g/mol. The second-order valence-corrected chi connectivity index (χ2v) is 5.75. The van der Waals surface area contributed by atoms with Crippen LogP contribution in [0.15, 0.2) is 42.5 Å². The highest BCUT2D eigenvalue weighted by molar-refractivity contribution is 6.42. The first-order chi connectivity index (χ1) is 9.58. The van der Waals surface area contributed by atoms with Crippen molar-refractivity contribution >= 4 is 45.7 Å². The predicted molar refractivity (Wildman–Crippen MR) is 86.9 cm³/mol. The van der Waals surface area contributed by atoms with Crippen LogP contribution in [0.25, 0.3) is 22.0 Å². The standard InChI is InChI=1S/C16H10Cl3N/c1-9-7-11(17)8-12-14(18)13(16(19)20-15(9)12)10-5-3-2-4-6-10/h2-8H,1H3. The van der Waals surface area contributed by atoms with Gasteiger partial charge in [0.1, 0.15) is 5.15 Å². The van der Waals surface area contributed by atoms with E-state index in [1.54, 1.807) is 0 Å². The molecular weight excluding hydrogens is 313 g/mol. The summed E-state index contributed by atoms with van der Waals surface area (Å²) in [5, 5.41) is 2.44. The molecule has 4 heteroatoms. The summed E-state index contributed by atoms with van der Waals surface area (Å²) in [5.41, 5.74) is 3.41. The number of nitrogens with zero attached hydrogens (tertiary/aromatic N) is 1. The summed E-state index contributed by atoms with van der Waals surface area (Å²) in [6.07, 6.45) is 0. The third-order valence-corrected chi connectivity index (χ3v) is 4.08. The minimum Gasteiger partial charge on any atom is -0.235 e. The lowest BCUT2D eigenvalue weighted by Crippen LogP contribution is -1.91. The molecule has 20 heavy (non-hydrogen) atoms. The van der Waals surface area contributed by atoms with Gasteiger partial charge < -0.3 is 0 Å². The highest BCUT2D eigenvalue weighted by Gasteiger charge is 2.15. The van der Waals surface area contributed by atoms with E-state index in [1.807, 2.05) is 49.4 Å². The third kappa shape index (κ3) is 2.26. The zero-order valence-electron chi connectivity index (χ0n) is 10.6. The minimum absolute atomic E-state index is 0.402. The van der Waals surface area contributed by atoms with Gasteiger partial charge in [-0.25, -0.2) is 4.98 Å². The van der Waals surface area contributed by atoms with E-state index in [2.05, 4.69) is 4.98 Å². The molecule has 0 saturated carbocycles. The number of aryl methyl sites for hydroxylation is 1. The molecule has 1 aromatic heterocycles. The Bertz CT molecular complexity index is 798. The number of benzene rings is 2. The second kappa shape index (κ2) is 5.25. The maximum absolute atomic E-state index is 6.54. The van der Waals surface area contributed by atoms with Crippen LogP contribution < -0.4 is 0 Å². The molecule has 0 saturated heterocycles. The zero-order valence-corrected chi connectivity index (χ0v) is 12.9. The van der Waals surface area contributed by atoms with Crippen molar-refractivity contribution in [2.75, 3.05) is 0 Å². The van der Waals surface area contributed by atoms with Crippen LogP contribution in [0.4, 0.5) is 0 Å². The van der Waals surface area contributed by atoms with E-state index in [9.17, 15) is 0 Å². The first-order valence-corrected chi connectivity index (χ1v) is 7.21. The van der Waals surface area contributed by atoms with Gasteiger partial charge in [-0.2, -0.15) is 0 Å². The lowest BCUT2D eigenvalue weighted by Gasteiger charge is -2.11. The molecule has 0 aliphatic heterocycles. The second-order valence-electron chi connectivity index (χ2n) is 4.58. The Balaban J connectivity index is 2.40. The highest BCUT2D eigenvalue weighted by Crippen LogP contribution is 2.39. The fourth-order valence-electron chi connectivity index (χ4n) is 2.28. The Labute approximate surface area is 132 Å². The molecule has 0 aliphatic rings. The fraction of sp³-hybridized carbons (Fsp3) is 0.0625. The molecule has 0 aliphatic carbocycles. The van der Waals surface area contributed by atoms with E-state index in [4.69, 9.17) is 34.8 Å². The summed E-state index contributed by atoms with van der Waals surface area (Å²) >= 11 is 19.0. The molecule has 1 heterocycles. The normalized spacial score (nSPS) is 11.0. The number of hydrogen-bond donors (Lipinski definition) is 0. The van der Waals surface area contributed by atoms with Crippen LogP contribution in [0.2, 0.25) is 15.2 Å². The van der Waals surface area contributed by atoms with Crippen molar-refractivity contribution in [3.8, 4) is 11.1 Å². The fourth-order valence-corrected chi connectivity index (χ4v) is 3.23. The van der Waals surface area contributed by atoms with E-state index >= 15 is 0 Å². The molecule has 0 fully saturated rings. The van der Waals surface area contributed by atoms with Gasteiger partial charge in [0.05, 0.1) is 10.5 Å². The Morgan fingerprint density at radius 2 is 1.65 bits per heavy atom. The van der Waals surface area contributed by atoms with E-state index in [0.717, 1.165) is 27.6 Å². The first-order valence-electron chi connectivity index (χ1n) is 6.08. The molecule has 0 atom stereocenters. The van der Waals surface area contributed by atoms with E-state index in [-0.39, 0.29) is 0 Å². The molecule has 100 valence electrons. The third-order valence-electron chi connectivity index (χ3n) is 3.20. The largest absolute Gasteiger partial charge is 0.235 e. The summed E-state index contributed by atoms with van der Waals surface area (Å²) in [5.74, 6) is 0. The van der Waals surface area contributed by atoms with Gasteiger partial charge in [-0.05, 0) is 30.2 Å². The molecule has 0 amide bonds. The number of hydrogen-bond acceptors (Lipinski definition) is 1. The van der Waals surface area contributed by atoms with Gasteiger partial charge in [-0.15, -0.1) is 0 Å². The number of fused-ring (bicyclic) bond motifs is 1. The number of rotatable bonds is 1. The van der Waals surface area contributed by atoms with Crippen molar-refractivity contribution in [2.24, 2.45) is 0 Å². The highest BCUT2D eigenvalue weighted by atomic mass is 35.5. The Kier molecular flexibility index (Phi) is 3.59. The predicted octanol–water partition coefficient (Wildman–Crippen LogP) is 6.17. The molecule has 1 nitrogen and oxygen atoms in total. The molecule has 0 N–H and O–H groups in total. The van der Waals surface area contributed by atoms with Crippen molar-refractivity contribution in [1.82, 2.24) is 4.98 Å². The molecular formula is C16H10Cl3N. The molecule has 2 aromatic carbocycles. The van der Waals surface area contributed by atoms with Crippen LogP contribution in [0.3, 0.4) is 0 Å². The van der Waals surface area contributed by atoms with Crippen molar-refractivity contribution in [1.29, 1.82) is 0 Å². The van der Waals surface area contributed by atoms with Crippen LogP contribution in [0.1, 0.15) is 5.56 Å². The van der Waals surface area contributed by atoms with E-state index in [0.29, 0.717) is 15.2 Å². The number of pyridine rings is 1. The molecule has 0 bridgehead atoms. The lowest BCUT2D eigenvalue weighted by molar-refractivity contribution is 1.36. The average Bonchev–Trinajstić information content (AvgIpc) is 2.42. The molecule has 0 radical (unpaired) electrons. The Morgan fingerprint density at radius 1 is 0.950 bits per heavy atom. The van der Waals surface area contributed by atoms with Crippen LogP contribution in [0.5, 0.6) is 0 Å². The molecule has 0 unspecified atom stereocenters. The molecule has 3 aromatic rings. The van der Waals surface area contributed by atoms with Crippen molar-refractivity contribution < 1.29 is 0 Å². The number of aromatic nitrogens is 1. The van der Waals surface area contributed by atoms with Crippen LogP contribution in [-0.4, -0.2) is 4.98 Å². The quantitative estimate of drug-likeness (QED) is 0.488. The monoisotopic (exact) mass is 321 g/mol. The molecule has 0 spiro atoms. The van der Waals surface area contributed by atoms with Gasteiger partial charge in [-0.1, -0.05) is 65.1 Å². The topological polar surface area (TPSA) is 12.9 Å². The number of halogens is 3. The minimum atomic E-state index is 0.402. The Morgan fingerprint density at radius 3 is 2.35 bits per heavy atom. The Hall–Kier alpha value is -1.28. The summed E-state index contributed by atoms with van der Waals surface area (Å²) in [6.45, 7) is 1.94. The maximum Gasteiger partial charge on any atom is 0.139 e.